The average Bonchev–Trinajstić information content (AvgIpc) is 2.29. The van der Waals surface area contributed by atoms with E-state index in [9.17, 15) is 0 Å². The molecule has 0 N–H and O–H groups in total. The van der Waals surface area contributed by atoms with E-state index in [1.54, 1.807) is 0 Å². The molecule has 0 aliphatic rings. The summed E-state index contributed by atoms with van der Waals surface area (Å²) in [6, 6.07) is 0. The molecule has 0 rings (SSSR count). The summed E-state index contributed by atoms with van der Waals surface area (Å²) < 4.78 is 0. The maximum absolute atomic E-state index is 2.36. The minimum Gasteiger partial charge on any atom is -0.0883 e. The fourth-order valence-electron chi connectivity index (χ4n) is 2.24. The highest BCUT2D eigenvalue weighted by atomic mass is 14.0. The SMILES string of the molecule is CC(C)/C=C\CCCCCCCCCCC(C)C. The maximum Gasteiger partial charge on any atom is -0.0290 e. The van der Waals surface area contributed by atoms with E-state index in [1.165, 1.54) is 64.2 Å². The number of hydrogen-bond acceptors (Lipinski definition) is 0. The summed E-state index contributed by atoms with van der Waals surface area (Å²) in [5, 5.41) is 0. The Morgan fingerprint density at radius 3 is 1.67 bits per heavy atom. The van der Waals surface area contributed by atoms with Gasteiger partial charge in [0.15, 0.2) is 0 Å². The van der Waals surface area contributed by atoms with Crippen LogP contribution in [0, 0.1) is 11.8 Å². The highest BCUT2D eigenvalue weighted by Crippen LogP contribution is 2.13. The summed E-state index contributed by atoms with van der Waals surface area (Å²) in [5.41, 5.74) is 0. The fourth-order valence-corrected chi connectivity index (χ4v) is 2.24. The number of allylic oxidation sites excluding steroid dienone is 2. The second kappa shape index (κ2) is 13.2. The van der Waals surface area contributed by atoms with Crippen LogP contribution in [0.25, 0.3) is 0 Å². The highest BCUT2D eigenvalue weighted by molar-refractivity contribution is 4.83. The number of unbranched alkanes of at least 4 members (excludes halogenated alkanes) is 8. The molecule has 0 spiro atoms. The predicted molar refractivity (Wildman–Crippen MR) is 85.0 cm³/mol. The van der Waals surface area contributed by atoms with Gasteiger partial charge in [0, 0.05) is 0 Å². The topological polar surface area (TPSA) is 0 Å². The second-order valence-corrected chi connectivity index (χ2v) is 6.47. The summed E-state index contributed by atoms with van der Waals surface area (Å²) in [5.74, 6) is 1.61. The largest absolute Gasteiger partial charge is 0.0883 e. The van der Waals surface area contributed by atoms with Crippen LogP contribution in [0.4, 0.5) is 0 Å². The van der Waals surface area contributed by atoms with E-state index in [2.05, 4.69) is 39.8 Å². The summed E-state index contributed by atoms with van der Waals surface area (Å²) in [6.07, 6.45) is 18.9. The molecule has 0 aromatic carbocycles. The van der Waals surface area contributed by atoms with Crippen molar-refractivity contribution in [1.29, 1.82) is 0 Å². The molecular weight excluding hydrogens is 216 g/mol. The normalized spacial score (nSPS) is 12.1. The Morgan fingerprint density at radius 1 is 0.667 bits per heavy atom. The van der Waals surface area contributed by atoms with Crippen molar-refractivity contribution in [2.24, 2.45) is 11.8 Å². The van der Waals surface area contributed by atoms with Crippen molar-refractivity contribution < 1.29 is 0 Å². The summed E-state index contributed by atoms with van der Waals surface area (Å²) >= 11 is 0. The van der Waals surface area contributed by atoms with Crippen molar-refractivity contribution >= 4 is 0 Å². The Kier molecular flexibility index (Phi) is 13.0. The molecule has 0 radical (unpaired) electrons. The van der Waals surface area contributed by atoms with Crippen molar-refractivity contribution in [2.75, 3.05) is 0 Å². The van der Waals surface area contributed by atoms with Crippen LogP contribution in [0.1, 0.15) is 91.9 Å². The van der Waals surface area contributed by atoms with Gasteiger partial charge < -0.3 is 0 Å². The number of rotatable bonds is 12. The summed E-state index contributed by atoms with van der Waals surface area (Å²) in [7, 11) is 0. The lowest BCUT2D eigenvalue weighted by molar-refractivity contribution is 0.507. The molecule has 0 bridgehead atoms. The number of hydrogen-bond donors (Lipinski definition) is 0. The van der Waals surface area contributed by atoms with Crippen molar-refractivity contribution in [3.05, 3.63) is 12.2 Å². The van der Waals surface area contributed by atoms with Gasteiger partial charge in [-0.05, 0) is 24.7 Å². The molecule has 0 aromatic rings. The quantitative estimate of drug-likeness (QED) is 0.266. The maximum atomic E-state index is 2.36. The molecule has 0 saturated heterocycles. The molecule has 0 unspecified atom stereocenters. The molecule has 0 aliphatic carbocycles. The van der Waals surface area contributed by atoms with Gasteiger partial charge in [0.2, 0.25) is 0 Å². The molecule has 0 nitrogen and oxygen atoms in total. The van der Waals surface area contributed by atoms with Crippen molar-refractivity contribution in [3.8, 4) is 0 Å². The van der Waals surface area contributed by atoms with Gasteiger partial charge in [-0.3, -0.25) is 0 Å². The first-order valence-electron chi connectivity index (χ1n) is 8.29. The molecule has 0 atom stereocenters. The van der Waals surface area contributed by atoms with Gasteiger partial charge in [-0.15, -0.1) is 0 Å². The van der Waals surface area contributed by atoms with Crippen molar-refractivity contribution in [3.63, 3.8) is 0 Å². The van der Waals surface area contributed by atoms with Crippen LogP contribution in [0.2, 0.25) is 0 Å². The lowest BCUT2D eigenvalue weighted by Gasteiger charge is -2.04. The van der Waals surface area contributed by atoms with E-state index in [-0.39, 0.29) is 0 Å². The Morgan fingerprint density at radius 2 is 1.17 bits per heavy atom. The first-order valence-corrected chi connectivity index (χ1v) is 8.29. The van der Waals surface area contributed by atoms with Gasteiger partial charge in [0.05, 0.1) is 0 Å². The molecule has 0 aliphatic heterocycles. The van der Waals surface area contributed by atoms with Crippen molar-refractivity contribution in [1.82, 2.24) is 0 Å². The zero-order valence-corrected chi connectivity index (χ0v) is 13.4. The van der Waals surface area contributed by atoms with Crippen LogP contribution in [0.3, 0.4) is 0 Å². The zero-order valence-electron chi connectivity index (χ0n) is 13.4. The fraction of sp³-hybridized carbons (Fsp3) is 0.889. The van der Waals surface area contributed by atoms with Gasteiger partial charge in [0.25, 0.3) is 0 Å². The molecule has 108 valence electrons. The first kappa shape index (κ1) is 17.7. The third kappa shape index (κ3) is 15.7. The highest BCUT2D eigenvalue weighted by Gasteiger charge is 1.95. The molecule has 0 heterocycles. The summed E-state index contributed by atoms with van der Waals surface area (Å²) in [4.78, 5) is 0. The molecule has 18 heavy (non-hydrogen) atoms. The van der Waals surface area contributed by atoms with Crippen LogP contribution >= 0.6 is 0 Å². The van der Waals surface area contributed by atoms with Gasteiger partial charge in [-0.25, -0.2) is 0 Å². The Hall–Kier alpha value is -0.260. The van der Waals surface area contributed by atoms with Crippen molar-refractivity contribution in [2.45, 2.75) is 91.9 Å². The third-order valence-electron chi connectivity index (χ3n) is 3.42. The molecule has 0 saturated carbocycles. The Bertz CT molecular complexity index is 176. The predicted octanol–water partition coefficient (Wildman–Crippen LogP) is 6.76. The van der Waals surface area contributed by atoms with E-state index in [0.29, 0.717) is 0 Å². The van der Waals surface area contributed by atoms with E-state index >= 15 is 0 Å². The van der Waals surface area contributed by atoms with Gasteiger partial charge in [-0.2, -0.15) is 0 Å². The van der Waals surface area contributed by atoms with Crippen LogP contribution in [-0.2, 0) is 0 Å². The molecule has 0 fully saturated rings. The Balaban J connectivity index is 3.03. The molecule has 0 aromatic heterocycles. The second-order valence-electron chi connectivity index (χ2n) is 6.47. The van der Waals surface area contributed by atoms with Gasteiger partial charge >= 0.3 is 0 Å². The lowest BCUT2D eigenvalue weighted by atomic mass is 10.0. The minimum absolute atomic E-state index is 0.718. The van der Waals surface area contributed by atoms with E-state index in [4.69, 9.17) is 0 Å². The average molecular weight is 252 g/mol. The standard InChI is InChI=1S/C18H36/c1-17(2)15-13-11-9-7-5-6-8-10-12-14-16-18(3)4/h13,15,17-18H,5-12,14,16H2,1-4H3/b15-13-. The molecular formula is C18H36. The Labute approximate surface area is 116 Å². The minimum atomic E-state index is 0.718. The molecule has 0 amide bonds. The monoisotopic (exact) mass is 252 g/mol. The van der Waals surface area contributed by atoms with E-state index in [1.807, 2.05) is 0 Å². The third-order valence-corrected chi connectivity index (χ3v) is 3.42. The van der Waals surface area contributed by atoms with Crippen LogP contribution in [0.15, 0.2) is 12.2 Å². The van der Waals surface area contributed by atoms with Gasteiger partial charge in [-0.1, -0.05) is 91.2 Å². The first-order chi connectivity index (χ1) is 8.63. The van der Waals surface area contributed by atoms with Gasteiger partial charge in [0.1, 0.15) is 0 Å². The van der Waals surface area contributed by atoms with E-state index in [0.717, 1.165) is 11.8 Å². The van der Waals surface area contributed by atoms with Crippen LogP contribution < -0.4 is 0 Å². The van der Waals surface area contributed by atoms with Crippen LogP contribution in [-0.4, -0.2) is 0 Å². The lowest BCUT2D eigenvalue weighted by Crippen LogP contribution is -1.87. The zero-order chi connectivity index (χ0) is 13.6. The smallest absolute Gasteiger partial charge is 0.0290 e. The summed E-state index contributed by atoms with van der Waals surface area (Å²) in [6.45, 7) is 9.15. The molecule has 0 heteroatoms. The van der Waals surface area contributed by atoms with E-state index < -0.39 is 0 Å². The van der Waals surface area contributed by atoms with Crippen LogP contribution in [0.5, 0.6) is 0 Å².